The van der Waals surface area contributed by atoms with Crippen molar-refractivity contribution in [3.63, 3.8) is 0 Å². The third-order valence-corrected chi connectivity index (χ3v) is 4.06. The van der Waals surface area contributed by atoms with Crippen LogP contribution in [-0.4, -0.2) is 45.2 Å². The third-order valence-electron chi connectivity index (χ3n) is 4.06. The van der Waals surface area contributed by atoms with E-state index in [0.29, 0.717) is 6.04 Å². The van der Waals surface area contributed by atoms with Crippen LogP contribution in [-0.2, 0) is 0 Å². The predicted octanol–water partition coefficient (Wildman–Crippen LogP) is 3.30. The van der Waals surface area contributed by atoms with Crippen LogP contribution in [0.1, 0.15) is 32.4 Å². The standard InChI is InChI=1S/C16H26N4.C2H6/c1-5-18-16-7-6-14(12-15(16)13(2)17-3)20-10-8-19(4)9-11-20;1-2/h5-7,12-13,17-18H,1,8-11H2,2-4H3;1-2H3. The van der Waals surface area contributed by atoms with Gasteiger partial charge in [0.1, 0.15) is 0 Å². The Morgan fingerprint density at radius 2 is 1.82 bits per heavy atom. The van der Waals surface area contributed by atoms with Crippen LogP contribution < -0.4 is 15.5 Å². The minimum Gasteiger partial charge on any atom is -0.369 e. The zero-order chi connectivity index (χ0) is 16.5. The summed E-state index contributed by atoms with van der Waals surface area (Å²) in [6, 6.07) is 6.95. The summed E-state index contributed by atoms with van der Waals surface area (Å²) in [4.78, 5) is 4.84. The van der Waals surface area contributed by atoms with Gasteiger partial charge in [-0.05, 0) is 51.0 Å². The fourth-order valence-corrected chi connectivity index (χ4v) is 2.57. The molecular weight excluding hydrogens is 272 g/mol. The Morgan fingerprint density at radius 1 is 1.18 bits per heavy atom. The number of nitrogens with one attached hydrogen (secondary N) is 2. The van der Waals surface area contributed by atoms with Crippen molar-refractivity contribution in [2.24, 2.45) is 0 Å². The lowest BCUT2D eigenvalue weighted by Crippen LogP contribution is -2.44. The maximum Gasteiger partial charge on any atom is 0.0429 e. The third kappa shape index (κ3) is 4.75. The predicted molar refractivity (Wildman–Crippen MR) is 98.8 cm³/mol. The fourth-order valence-electron chi connectivity index (χ4n) is 2.57. The second-order valence-corrected chi connectivity index (χ2v) is 5.42. The maximum atomic E-state index is 3.76. The second-order valence-electron chi connectivity index (χ2n) is 5.42. The Bertz CT molecular complexity index is 450. The van der Waals surface area contributed by atoms with Gasteiger partial charge in [0.2, 0.25) is 0 Å². The molecule has 1 unspecified atom stereocenters. The number of nitrogens with zero attached hydrogens (tertiary/aromatic N) is 2. The van der Waals surface area contributed by atoms with Gasteiger partial charge in [-0.15, -0.1) is 0 Å². The molecule has 1 aliphatic rings. The Hall–Kier alpha value is -1.52. The van der Waals surface area contributed by atoms with E-state index in [0.717, 1.165) is 31.9 Å². The van der Waals surface area contributed by atoms with E-state index >= 15 is 0 Å². The molecule has 22 heavy (non-hydrogen) atoms. The lowest BCUT2D eigenvalue weighted by Gasteiger charge is -2.34. The zero-order valence-corrected chi connectivity index (χ0v) is 14.8. The van der Waals surface area contributed by atoms with E-state index in [9.17, 15) is 0 Å². The summed E-state index contributed by atoms with van der Waals surface area (Å²) < 4.78 is 0. The lowest BCUT2D eigenvalue weighted by molar-refractivity contribution is 0.313. The summed E-state index contributed by atoms with van der Waals surface area (Å²) in [6.45, 7) is 14.4. The first kappa shape index (κ1) is 18.5. The molecule has 0 amide bonds. The number of rotatable bonds is 5. The topological polar surface area (TPSA) is 30.5 Å². The van der Waals surface area contributed by atoms with Crippen LogP contribution in [0.5, 0.6) is 0 Å². The first-order valence-electron chi connectivity index (χ1n) is 8.28. The number of benzene rings is 1. The highest BCUT2D eigenvalue weighted by Crippen LogP contribution is 2.28. The van der Waals surface area contributed by atoms with Crippen molar-refractivity contribution in [1.82, 2.24) is 10.2 Å². The van der Waals surface area contributed by atoms with E-state index in [4.69, 9.17) is 0 Å². The molecule has 124 valence electrons. The number of hydrogen-bond acceptors (Lipinski definition) is 4. The van der Waals surface area contributed by atoms with Crippen LogP contribution in [0.3, 0.4) is 0 Å². The van der Waals surface area contributed by atoms with Gasteiger partial charge in [0.25, 0.3) is 0 Å². The lowest BCUT2D eigenvalue weighted by atomic mass is 10.0. The summed E-state index contributed by atoms with van der Waals surface area (Å²) in [5.74, 6) is 0. The van der Waals surface area contributed by atoms with Gasteiger partial charge in [0.15, 0.2) is 0 Å². The van der Waals surface area contributed by atoms with Gasteiger partial charge in [-0.1, -0.05) is 20.4 Å². The summed E-state index contributed by atoms with van der Waals surface area (Å²) in [5, 5.41) is 6.54. The molecule has 0 aliphatic carbocycles. The Morgan fingerprint density at radius 3 is 2.36 bits per heavy atom. The largest absolute Gasteiger partial charge is 0.369 e. The van der Waals surface area contributed by atoms with Crippen molar-refractivity contribution in [1.29, 1.82) is 0 Å². The van der Waals surface area contributed by atoms with E-state index in [-0.39, 0.29) is 0 Å². The highest BCUT2D eigenvalue weighted by atomic mass is 15.2. The average molecular weight is 304 g/mol. The molecule has 4 nitrogen and oxygen atoms in total. The average Bonchev–Trinajstić information content (AvgIpc) is 2.57. The smallest absolute Gasteiger partial charge is 0.0429 e. The number of piperazine rings is 1. The molecule has 0 radical (unpaired) electrons. The van der Waals surface area contributed by atoms with Gasteiger partial charge in [-0.3, -0.25) is 0 Å². The summed E-state index contributed by atoms with van der Waals surface area (Å²) in [5.41, 5.74) is 3.72. The molecule has 0 bridgehead atoms. The van der Waals surface area contributed by atoms with Gasteiger partial charge in [-0.2, -0.15) is 0 Å². The van der Waals surface area contributed by atoms with E-state index in [2.05, 4.69) is 59.2 Å². The number of anilines is 2. The normalized spacial score (nSPS) is 16.5. The van der Waals surface area contributed by atoms with Gasteiger partial charge in [0.05, 0.1) is 0 Å². The van der Waals surface area contributed by atoms with Crippen LogP contribution >= 0.6 is 0 Å². The van der Waals surface area contributed by atoms with E-state index in [1.807, 2.05) is 20.9 Å². The van der Waals surface area contributed by atoms with Crippen molar-refractivity contribution in [3.05, 3.63) is 36.5 Å². The zero-order valence-electron chi connectivity index (χ0n) is 14.8. The second kappa shape index (κ2) is 9.49. The summed E-state index contributed by atoms with van der Waals surface area (Å²) in [7, 11) is 4.17. The highest BCUT2D eigenvalue weighted by molar-refractivity contribution is 5.62. The maximum absolute atomic E-state index is 3.76. The molecule has 4 heteroatoms. The van der Waals surface area contributed by atoms with Gasteiger partial charge < -0.3 is 20.4 Å². The highest BCUT2D eigenvalue weighted by Gasteiger charge is 2.16. The van der Waals surface area contributed by atoms with Crippen molar-refractivity contribution in [2.75, 3.05) is 50.5 Å². The van der Waals surface area contributed by atoms with E-state index < -0.39 is 0 Å². The monoisotopic (exact) mass is 304 g/mol. The van der Waals surface area contributed by atoms with E-state index in [1.165, 1.54) is 11.3 Å². The quantitative estimate of drug-likeness (QED) is 0.874. The van der Waals surface area contributed by atoms with Crippen molar-refractivity contribution in [3.8, 4) is 0 Å². The SMILES string of the molecule is C=CNc1ccc(N2CCN(C)CC2)cc1C(C)NC.CC. The minimum atomic E-state index is 0.310. The van der Waals surface area contributed by atoms with Crippen molar-refractivity contribution < 1.29 is 0 Å². The van der Waals surface area contributed by atoms with Gasteiger partial charge >= 0.3 is 0 Å². The molecule has 1 atom stereocenters. The molecule has 1 aromatic rings. The first-order valence-corrected chi connectivity index (χ1v) is 8.28. The van der Waals surface area contributed by atoms with Gasteiger partial charge in [0, 0.05) is 43.6 Å². The Labute approximate surface area is 136 Å². The summed E-state index contributed by atoms with van der Waals surface area (Å²) in [6.07, 6.45) is 1.73. The van der Waals surface area contributed by atoms with Crippen LogP contribution in [0, 0.1) is 0 Å². The van der Waals surface area contributed by atoms with Crippen LogP contribution in [0.25, 0.3) is 0 Å². The van der Waals surface area contributed by atoms with Crippen molar-refractivity contribution in [2.45, 2.75) is 26.8 Å². The number of hydrogen-bond donors (Lipinski definition) is 2. The fraction of sp³-hybridized carbons (Fsp3) is 0.556. The van der Waals surface area contributed by atoms with Crippen LogP contribution in [0.2, 0.25) is 0 Å². The molecule has 2 rings (SSSR count). The van der Waals surface area contributed by atoms with E-state index in [1.54, 1.807) is 6.20 Å². The van der Waals surface area contributed by atoms with Crippen LogP contribution in [0.4, 0.5) is 11.4 Å². The molecule has 1 aliphatic heterocycles. The van der Waals surface area contributed by atoms with Gasteiger partial charge in [-0.25, -0.2) is 0 Å². The molecule has 0 aromatic heterocycles. The Balaban J connectivity index is 0.00000116. The van der Waals surface area contributed by atoms with Crippen LogP contribution in [0.15, 0.2) is 31.0 Å². The molecule has 1 saturated heterocycles. The first-order chi connectivity index (χ1) is 10.7. The molecule has 0 spiro atoms. The minimum absolute atomic E-state index is 0.310. The molecule has 1 fully saturated rings. The number of likely N-dealkylation sites (N-methyl/N-ethyl adjacent to an activating group) is 1. The molecule has 1 aromatic carbocycles. The summed E-state index contributed by atoms with van der Waals surface area (Å²) >= 11 is 0. The van der Waals surface area contributed by atoms with Crippen molar-refractivity contribution >= 4 is 11.4 Å². The molecular formula is C18H32N4. The molecule has 2 N–H and O–H groups in total. The molecule has 0 saturated carbocycles. The molecule has 1 heterocycles. The Kier molecular flexibility index (Phi) is 7.99.